The molecule has 1 aromatic heterocycles. The van der Waals surface area contributed by atoms with E-state index in [0.29, 0.717) is 12.0 Å². The van der Waals surface area contributed by atoms with Gasteiger partial charge in [-0.1, -0.05) is 31.9 Å². The van der Waals surface area contributed by atoms with Gasteiger partial charge in [-0.2, -0.15) is 0 Å². The predicted octanol–water partition coefficient (Wildman–Crippen LogP) is 2.30. The molecule has 0 saturated heterocycles. The van der Waals surface area contributed by atoms with Crippen LogP contribution in [0.4, 0.5) is 4.39 Å². The second-order valence-electron chi connectivity index (χ2n) is 4.45. The summed E-state index contributed by atoms with van der Waals surface area (Å²) in [4.78, 5) is 11.4. The standard InChI is InChI=1S/C13H15FN4O2/c1-2-3-7-11(13(19)20)18-12(15-16-17-18)9-5-4-6-10(14)8-9/h4-6,8,11H,2-3,7H2,1H3,(H,19,20). The summed E-state index contributed by atoms with van der Waals surface area (Å²) in [7, 11) is 0. The Kier molecular flexibility index (Phi) is 4.39. The third-order valence-corrected chi connectivity index (χ3v) is 2.99. The number of rotatable bonds is 6. The first-order valence-electron chi connectivity index (χ1n) is 6.40. The molecular formula is C13H15FN4O2. The molecule has 0 aliphatic rings. The van der Waals surface area contributed by atoms with Crippen molar-refractivity contribution in [3.63, 3.8) is 0 Å². The Bertz CT molecular complexity index is 600. The van der Waals surface area contributed by atoms with Gasteiger partial charge >= 0.3 is 5.97 Å². The third kappa shape index (κ3) is 2.98. The topological polar surface area (TPSA) is 80.9 Å². The van der Waals surface area contributed by atoms with E-state index in [1.807, 2.05) is 6.92 Å². The smallest absolute Gasteiger partial charge is 0.328 e. The van der Waals surface area contributed by atoms with Crippen LogP contribution in [0.15, 0.2) is 24.3 Å². The highest BCUT2D eigenvalue weighted by Crippen LogP contribution is 2.23. The molecule has 0 saturated carbocycles. The molecule has 2 aromatic rings. The average Bonchev–Trinajstić information content (AvgIpc) is 2.88. The van der Waals surface area contributed by atoms with E-state index >= 15 is 0 Å². The summed E-state index contributed by atoms with van der Waals surface area (Å²) in [5.41, 5.74) is 0.456. The van der Waals surface area contributed by atoms with Crippen molar-refractivity contribution in [2.75, 3.05) is 0 Å². The molecule has 0 radical (unpaired) electrons. The molecule has 1 aromatic carbocycles. The number of aromatic nitrogens is 4. The summed E-state index contributed by atoms with van der Waals surface area (Å²) in [5.74, 6) is -1.16. The van der Waals surface area contributed by atoms with Crippen molar-refractivity contribution in [1.82, 2.24) is 20.2 Å². The molecule has 0 spiro atoms. The van der Waals surface area contributed by atoms with Crippen LogP contribution in [0.25, 0.3) is 11.4 Å². The van der Waals surface area contributed by atoms with E-state index in [2.05, 4.69) is 15.5 Å². The van der Waals surface area contributed by atoms with Crippen LogP contribution in [-0.2, 0) is 4.79 Å². The van der Waals surface area contributed by atoms with Crippen molar-refractivity contribution in [1.29, 1.82) is 0 Å². The number of carboxylic acids is 1. The van der Waals surface area contributed by atoms with Crippen molar-refractivity contribution in [3.8, 4) is 11.4 Å². The number of carboxylic acid groups (broad SMARTS) is 1. The highest BCUT2D eigenvalue weighted by atomic mass is 19.1. The monoisotopic (exact) mass is 278 g/mol. The summed E-state index contributed by atoms with van der Waals surface area (Å²) in [5, 5.41) is 20.4. The lowest BCUT2D eigenvalue weighted by Gasteiger charge is -2.13. The number of tetrazole rings is 1. The van der Waals surface area contributed by atoms with E-state index in [4.69, 9.17) is 0 Å². The first-order valence-corrected chi connectivity index (χ1v) is 6.40. The van der Waals surface area contributed by atoms with E-state index in [0.717, 1.165) is 12.8 Å². The molecule has 2 rings (SSSR count). The molecule has 0 amide bonds. The van der Waals surface area contributed by atoms with Crippen molar-refractivity contribution < 1.29 is 14.3 Å². The van der Waals surface area contributed by atoms with Gasteiger partial charge in [0.05, 0.1) is 0 Å². The van der Waals surface area contributed by atoms with E-state index in [1.165, 1.54) is 22.9 Å². The first-order chi connectivity index (χ1) is 9.63. The van der Waals surface area contributed by atoms with Crippen LogP contribution in [0.1, 0.15) is 32.2 Å². The molecule has 1 atom stereocenters. The molecule has 6 nitrogen and oxygen atoms in total. The van der Waals surface area contributed by atoms with Gasteiger partial charge in [-0.3, -0.25) is 0 Å². The maximum absolute atomic E-state index is 13.3. The fourth-order valence-electron chi connectivity index (χ4n) is 1.97. The van der Waals surface area contributed by atoms with E-state index < -0.39 is 17.8 Å². The fraction of sp³-hybridized carbons (Fsp3) is 0.385. The predicted molar refractivity (Wildman–Crippen MR) is 69.4 cm³/mol. The maximum atomic E-state index is 13.3. The third-order valence-electron chi connectivity index (χ3n) is 2.99. The number of hydrogen-bond donors (Lipinski definition) is 1. The second-order valence-corrected chi connectivity index (χ2v) is 4.45. The SMILES string of the molecule is CCCCC(C(=O)O)n1nnnc1-c1cccc(F)c1. The van der Waals surface area contributed by atoms with Gasteiger partial charge in [0.2, 0.25) is 0 Å². The van der Waals surface area contributed by atoms with Gasteiger partial charge in [0.15, 0.2) is 11.9 Å². The molecule has 20 heavy (non-hydrogen) atoms. The van der Waals surface area contributed by atoms with Crippen LogP contribution in [-0.4, -0.2) is 31.3 Å². The van der Waals surface area contributed by atoms with Gasteiger partial charge < -0.3 is 5.11 Å². The summed E-state index contributed by atoms with van der Waals surface area (Å²) in [6.45, 7) is 1.98. The quantitative estimate of drug-likeness (QED) is 0.876. The Labute approximate surface area is 115 Å². The van der Waals surface area contributed by atoms with Crippen LogP contribution in [0, 0.1) is 5.82 Å². The summed E-state index contributed by atoms with van der Waals surface area (Å²) in [6.07, 6.45) is 2.06. The number of nitrogens with zero attached hydrogens (tertiary/aromatic N) is 4. The van der Waals surface area contributed by atoms with Crippen LogP contribution >= 0.6 is 0 Å². The van der Waals surface area contributed by atoms with E-state index in [1.54, 1.807) is 6.07 Å². The molecule has 1 heterocycles. The van der Waals surface area contributed by atoms with Crippen LogP contribution in [0.3, 0.4) is 0 Å². The highest BCUT2D eigenvalue weighted by molar-refractivity contribution is 5.72. The van der Waals surface area contributed by atoms with Crippen molar-refractivity contribution in [2.45, 2.75) is 32.2 Å². The number of carbonyl (C=O) groups is 1. The Morgan fingerprint density at radius 3 is 2.95 bits per heavy atom. The molecule has 106 valence electrons. The lowest BCUT2D eigenvalue weighted by Crippen LogP contribution is -2.21. The van der Waals surface area contributed by atoms with Gasteiger partial charge in [-0.05, 0) is 29.0 Å². The van der Waals surface area contributed by atoms with Gasteiger partial charge in [0.25, 0.3) is 0 Å². The first kappa shape index (κ1) is 14.1. The normalized spacial score (nSPS) is 12.3. The zero-order valence-corrected chi connectivity index (χ0v) is 11.0. The van der Waals surface area contributed by atoms with Crippen molar-refractivity contribution in [2.24, 2.45) is 0 Å². The number of halogens is 1. The summed E-state index contributed by atoms with van der Waals surface area (Å²) >= 11 is 0. The minimum absolute atomic E-state index is 0.257. The minimum atomic E-state index is -0.997. The average molecular weight is 278 g/mol. The Hall–Kier alpha value is -2.31. The maximum Gasteiger partial charge on any atom is 0.328 e. The second kappa shape index (κ2) is 6.23. The molecule has 0 aliphatic heterocycles. The Morgan fingerprint density at radius 1 is 1.50 bits per heavy atom. The Balaban J connectivity index is 2.38. The molecule has 0 bridgehead atoms. The lowest BCUT2D eigenvalue weighted by molar-refractivity contribution is -0.141. The molecule has 0 aliphatic carbocycles. The highest BCUT2D eigenvalue weighted by Gasteiger charge is 2.24. The number of aliphatic carboxylic acids is 1. The Morgan fingerprint density at radius 2 is 2.30 bits per heavy atom. The zero-order valence-electron chi connectivity index (χ0n) is 11.0. The summed E-state index contributed by atoms with van der Waals surface area (Å²) in [6, 6.07) is 4.92. The van der Waals surface area contributed by atoms with Gasteiger partial charge in [0.1, 0.15) is 5.82 Å². The lowest BCUT2D eigenvalue weighted by atomic mass is 10.1. The fourth-order valence-corrected chi connectivity index (χ4v) is 1.97. The number of unbranched alkanes of at least 4 members (excludes halogenated alkanes) is 1. The van der Waals surface area contributed by atoms with E-state index in [9.17, 15) is 14.3 Å². The molecule has 7 heteroatoms. The molecular weight excluding hydrogens is 263 g/mol. The summed E-state index contributed by atoms with van der Waals surface area (Å²) < 4.78 is 14.5. The van der Waals surface area contributed by atoms with Crippen LogP contribution < -0.4 is 0 Å². The van der Waals surface area contributed by atoms with Crippen molar-refractivity contribution in [3.05, 3.63) is 30.1 Å². The zero-order chi connectivity index (χ0) is 14.5. The van der Waals surface area contributed by atoms with Crippen molar-refractivity contribution >= 4 is 5.97 Å². The molecule has 1 unspecified atom stereocenters. The molecule has 0 fully saturated rings. The van der Waals surface area contributed by atoms with E-state index in [-0.39, 0.29) is 5.82 Å². The van der Waals surface area contributed by atoms with Crippen LogP contribution in [0.5, 0.6) is 0 Å². The molecule has 1 N–H and O–H groups in total. The number of benzene rings is 1. The van der Waals surface area contributed by atoms with Gasteiger partial charge in [0, 0.05) is 5.56 Å². The van der Waals surface area contributed by atoms with Crippen LogP contribution in [0.2, 0.25) is 0 Å². The van der Waals surface area contributed by atoms with Gasteiger partial charge in [-0.15, -0.1) is 5.10 Å². The van der Waals surface area contributed by atoms with Gasteiger partial charge in [-0.25, -0.2) is 13.9 Å². The number of hydrogen-bond acceptors (Lipinski definition) is 4. The largest absolute Gasteiger partial charge is 0.480 e. The minimum Gasteiger partial charge on any atom is -0.480 e.